The fourth-order valence-corrected chi connectivity index (χ4v) is 7.26. The molecular formula is C51H93NO7. The molecule has 0 saturated heterocycles. The molecule has 0 aromatic heterocycles. The van der Waals surface area contributed by atoms with Crippen LogP contribution in [0.25, 0.3) is 0 Å². The van der Waals surface area contributed by atoms with Gasteiger partial charge in [0.2, 0.25) is 0 Å². The van der Waals surface area contributed by atoms with Gasteiger partial charge in [0, 0.05) is 19.3 Å². The summed E-state index contributed by atoms with van der Waals surface area (Å²) in [7, 11) is 5.40. The largest absolute Gasteiger partial charge is 0.544 e. The first-order chi connectivity index (χ1) is 28.6. The Bertz CT molecular complexity index is 1060. The van der Waals surface area contributed by atoms with Gasteiger partial charge in [0.15, 0.2) is 6.10 Å². The summed E-state index contributed by atoms with van der Waals surface area (Å²) in [4.78, 5) is 36.9. The average molecular weight is 832 g/mol. The first-order valence-corrected chi connectivity index (χ1v) is 24.5. The van der Waals surface area contributed by atoms with E-state index in [-0.39, 0.29) is 49.1 Å². The van der Waals surface area contributed by atoms with Crippen LogP contribution in [-0.2, 0) is 28.6 Å². The molecule has 0 aliphatic heterocycles. The van der Waals surface area contributed by atoms with Crippen molar-refractivity contribution >= 4 is 17.9 Å². The van der Waals surface area contributed by atoms with Crippen LogP contribution in [0.1, 0.15) is 219 Å². The Labute approximate surface area is 364 Å². The van der Waals surface area contributed by atoms with Crippen molar-refractivity contribution in [2.75, 3.05) is 41.0 Å². The van der Waals surface area contributed by atoms with E-state index in [1.807, 2.05) is 0 Å². The minimum absolute atomic E-state index is 0.0312. The van der Waals surface area contributed by atoms with Crippen molar-refractivity contribution in [3.8, 4) is 0 Å². The molecule has 59 heavy (non-hydrogen) atoms. The highest BCUT2D eigenvalue weighted by molar-refractivity contribution is 5.70. The Hall–Kier alpha value is -2.45. The smallest absolute Gasteiger partial charge is 0.306 e. The fraction of sp³-hybridized carbons (Fsp3) is 0.824. The van der Waals surface area contributed by atoms with Gasteiger partial charge in [0.1, 0.15) is 12.6 Å². The number of esters is 2. The molecule has 0 aromatic rings. The minimum Gasteiger partial charge on any atom is -0.544 e. The van der Waals surface area contributed by atoms with Crippen LogP contribution in [0.5, 0.6) is 0 Å². The fourth-order valence-electron chi connectivity index (χ4n) is 7.26. The van der Waals surface area contributed by atoms with E-state index < -0.39 is 18.1 Å². The lowest BCUT2D eigenvalue weighted by atomic mass is 10.0. The first-order valence-electron chi connectivity index (χ1n) is 24.5. The third-order valence-corrected chi connectivity index (χ3v) is 11.0. The molecule has 0 aromatic carbocycles. The van der Waals surface area contributed by atoms with Crippen LogP contribution < -0.4 is 5.11 Å². The summed E-state index contributed by atoms with van der Waals surface area (Å²) >= 11 is 0. The summed E-state index contributed by atoms with van der Waals surface area (Å²) in [6.07, 6.45) is 49.0. The van der Waals surface area contributed by atoms with Gasteiger partial charge in [-0.05, 0) is 44.9 Å². The highest BCUT2D eigenvalue weighted by atomic mass is 16.6. The van der Waals surface area contributed by atoms with Crippen molar-refractivity contribution < 1.29 is 38.2 Å². The van der Waals surface area contributed by atoms with Crippen LogP contribution in [0, 0.1) is 0 Å². The maximum Gasteiger partial charge on any atom is 0.306 e. The molecule has 0 aliphatic rings. The van der Waals surface area contributed by atoms with E-state index in [1.165, 1.54) is 122 Å². The summed E-state index contributed by atoms with van der Waals surface area (Å²) in [5.74, 6) is -1.76. The molecule has 0 aliphatic carbocycles. The van der Waals surface area contributed by atoms with Crippen molar-refractivity contribution in [2.45, 2.75) is 231 Å². The zero-order valence-corrected chi connectivity index (χ0v) is 39.2. The second-order valence-electron chi connectivity index (χ2n) is 17.7. The van der Waals surface area contributed by atoms with Crippen molar-refractivity contribution in [2.24, 2.45) is 0 Å². The molecule has 0 bridgehead atoms. The van der Waals surface area contributed by atoms with E-state index in [2.05, 4.69) is 50.3 Å². The van der Waals surface area contributed by atoms with Gasteiger partial charge in [-0.3, -0.25) is 9.59 Å². The third kappa shape index (κ3) is 40.7. The SMILES string of the molecule is CC/C=C\C/C=C\C/C=C\CCCCCC(=O)OC(COCCC(C(=O)[O-])[N+](C)(C)C)COC(=O)CCCCCCCCCCCCCCCCCCCCCCCC. The number of unbranched alkanes of at least 4 members (excludes halogenated alkanes) is 24. The average Bonchev–Trinajstić information content (AvgIpc) is 3.19. The number of carboxylic acid groups (broad SMARTS) is 1. The zero-order chi connectivity index (χ0) is 43.5. The van der Waals surface area contributed by atoms with E-state index in [0.717, 1.165) is 64.2 Å². The summed E-state index contributed by atoms with van der Waals surface area (Å²) in [6, 6.07) is -0.730. The van der Waals surface area contributed by atoms with Crippen molar-refractivity contribution in [1.82, 2.24) is 0 Å². The van der Waals surface area contributed by atoms with Gasteiger partial charge >= 0.3 is 11.9 Å². The summed E-state index contributed by atoms with van der Waals surface area (Å²) < 4.78 is 17.2. The van der Waals surface area contributed by atoms with Crippen LogP contribution in [-0.4, -0.2) is 75.5 Å². The van der Waals surface area contributed by atoms with E-state index >= 15 is 0 Å². The number of hydrogen-bond donors (Lipinski definition) is 0. The van der Waals surface area contributed by atoms with E-state index in [9.17, 15) is 19.5 Å². The Morgan fingerprint density at radius 3 is 1.41 bits per heavy atom. The molecule has 2 unspecified atom stereocenters. The standard InChI is InChI=1S/C51H93NO7/c1-6-8-10-12-14-16-18-20-21-22-23-24-25-26-27-28-30-31-33-35-37-39-41-49(53)58-46-47(45-57-44-43-48(51(55)56)52(3,4)5)59-50(54)42-40-38-36-34-32-29-19-17-15-13-11-9-7-2/h9,11,15,17,29,32,47-48H,6-8,10,12-14,16,18-28,30-31,33-46H2,1-5H3/b11-9-,17-15-,32-29-. The second kappa shape index (κ2) is 42.2. The normalized spacial score (nSPS) is 13.2. The van der Waals surface area contributed by atoms with Crippen molar-refractivity contribution in [1.29, 1.82) is 0 Å². The number of hydrogen-bond acceptors (Lipinski definition) is 7. The molecule has 0 amide bonds. The van der Waals surface area contributed by atoms with Crippen molar-refractivity contribution in [3.05, 3.63) is 36.5 Å². The minimum atomic E-state index is -1.13. The molecule has 0 spiro atoms. The lowest BCUT2D eigenvalue weighted by Gasteiger charge is -2.34. The van der Waals surface area contributed by atoms with Gasteiger partial charge < -0.3 is 28.6 Å². The van der Waals surface area contributed by atoms with Gasteiger partial charge in [-0.25, -0.2) is 0 Å². The number of carbonyl (C=O) groups excluding carboxylic acids is 3. The van der Waals surface area contributed by atoms with Crippen LogP contribution in [0.4, 0.5) is 0 Å². The van der Waals surface area contributed by atoms with Crippen LogP contribution >= 0.6 is 0 Å². The molecule has 344 valence electrons. The van der Waals surface area contributed by atoms with Gasteiger partial charge in [-0.15, -0.1) is 0 Å². The predicted molar refractivity (Wildman–Crippen MR) is 245 cm³/mol. The maximum atomic E-state index is 12.7. The Morgan fingerprint density at radius 2 is 0.949 bits per heavy atom. The summed E-state index contributed by atoms with van der Waals surface area (Å²) in [5.41, 5.74) is 0. The van der Waals surface area contributed by atoms with Gasteiger partial charge in [-0.2, -0.15) is 0 Å². The lowest BCUT2D eigenvalue weighted by Crippen LogP contribution is -2.55. The molecule has 0 fully saturated rings. The predicted octanol–water partition coefficient (Wildman–Crippen LogP) is 12.5. The molecule has 8 heteroatoms. The van der Waals surface area contributed by atoms with Crippen LogP contribution in [0.2, 0.25) is 0 Å². The number of allylic oxidation sites excluding steroid dienone is 6. The Morgan fingerprint density at radius 1 is 0.525 bits per heavy atom. The number of nitrogens with zero attached hydrogens (tertiary/aromatic N) is 1. The number of likely N-dealkylation sites (N-methyl/N-ethyl adjacent to an activating group) is 1. The molecular weight excluding hydrogens is 739 g/mol. The number of aliphatic carboxylic acids is 1. The number of carboxylic acids is 1. The van der Waals surface area contributed by atoms with E-state index in [0.29, 0.717) is 6.42 Å². The quantitative estimate of drug-likeness (QED) is 0.0261. The topological polar surface area (TPSA) is 102 Å². The lowest BCUT2D eigenvalue weighted by molar-refractivity contribution is -0.889. The molecule has 8 nitrogen and oxygen atoms in total. The molecule has 0 N–H and O–H groups in total. The summed E-state index contributed by atoms with van der Waals surface area (Å²) in [6.45, 7) is 4.54. The number of carbonyl (C=O) groups is 3. The Balaban J connectivity index is 4.19. The molecule has 0 rings (SSSR count). The van der Waals surface area contributed by atoms with Gasteiger partial charge in [0.05, 0.1) is 40.3 Å². The molecule has 0 radical (unpaired) electrons. The molecule has 0 heterocycles. The van der Waals surface area contributed by atoms with Crippen molar-refractivity contribution in [3.63, 3.8) is 0 Å². The second-order valence-corrected chi connectivity index (χ2v) is 17.7. The third-order valence-electron chi connectivity index (χ3n) is 11.0. The monoisotopic (exact) mass is 832 g/mol. The maximum absolute atomic E-state index is 12.7. The number of rotatable bonds is 44. The number of quaternary nitrogens is 1. The molecule has 2 atom stereocenters. The molecule has 0 saturated carbocycles. The highest BCUT2D eigenvalue weighted by Crippen LogP contribution is 2.16. The van der Waals surface area contributed by atoms with Gasteiger partial charge in [-0.1, -0.05) is 192 Å². The van der Waals surface area contributed by atoms with Crippen LogP contribution in [0.15, 0.2) is 36.5 Å². The van der Waals surface area contributed by atoms with Crippen LogP contribution in [0.3, 0.4) is 0 Å². The summed E-state index contributed by atoms with van der Waals surface area (Å²) in [5, 5.41) is 11.6. The van der Waals surface area contributed by atoms with E-state index in [1.54, 1.807) is 21.1 Å². The zero-order valence-electron chi connectivity index (χ0n) is 39.2. The first kappa shape index (κ1) is 56.5. The highest BCUT2D eigenvalue weighted by Gasteiger charge is 2.25. The Kier molecular flexibility index (Phi) is 40.5. The van der Waals surface area contributed by atoms with E-state index in [4.69, 9.17) is 14.2 Å². The van der Waals surface area contributed by atoms with Gasteiger partial charge in [0.25, 0.3) is 0 Å². The number of ether oxygens (including phenoxy) is 3.